The Morgan fingerprint density at radius 3 is 2.85 bits per heavy atom. The molecule has 4 rings (SSSR count). The van der Waals surface area contributed by atoms with Gasteiger partial charge in [-0.25, -0.2) is 4.79 Å². The summed E-state index contributed by atoms with van der Waals surface area (Å²) in [6, 6.07) is 13.7. The number of ether oxygens (including phenoxy) is 1. The van der Waals surface area contributed by atoms with Crippen molar-refractivity contribution < 1.29 is 9.53 Å². The molecule has 0 saturated heterocycles. The van der Waals surface area contributed by atoms with Gasteiger partial charge in [-0.15, -0.1) is 11.3 Å². The fraction of sp³-hybridized carbons (Fsp3) is 0.286. The van der Waals surface area contributed by atoms with E-state index in [1.165, 1.54) is 26.1 Å². The average Bonchev–Trinajstić information content (AvgIpc) is 2.91. The maximum Gasteiger partial charge on any atom is 0.407 e. The number of alkyl carbamates (subject to hydrolysis) is 1. The SMILES string of the molecule is CN1CCc2c(Cl)ccc3sc(CNC(=O)OCc4ccccc4)c(c23)C1. The lowest BCUT2D eigenvalue weighted by molar-refractivity contribution is 0.139. The number of thiophene rings is 1. The van der Waals surface area contributed by atoms with Gasteiger partial charge in [0.1, 0.15) is 6.61 Å². The molecule has 0 aliphatic carbocycles. The lowest BCUT2D eigenvalue weighted by atomic mass is 10.0. The predicted octanol–water partition coefficient (Wildman–Crippen LogP) is 4.97. The van der Waals surface area contributed by atoms with Crippen LogP contribution in [0.1, 0.15) is 21.6 Å². The molecule has 6 heteroatoms. The number of carbonyl (C=O) groups is 1. The van der Waals surface area contributed by atoms with Crippen molar-refractivity contribution in [3.8, 4) is 0 Å². The second-order valence-electron chi connectivity index (χ2n) is 6.81. The first-order valence-corrected chi connectivity index (χ1v) is 10.2. The summed E-state index contributed by atoms with van der Waals surface area (Å²) in [5, 5.41) is 5.00. The molecule has 0 fully saturated rings. The van der Waals surface area contributed by atoms with E-state index in [2.05, 4.69) is 23.3 Å². The van der Waals surface area contributed by atoms with Gasteiger partial charge in [-0.2, -0.15) is 0 Å². The van der Waals surface area contributed by atoms with Crippen molar-refractivity contribution in [2.24, 2.45) is 0 Å². The summed E-state index contributed by atoms with van der Waals surface area (Å²) in [6.45, 7) is 2.58. The van der Waals surface area contributed by atoms with Gasteiger partial charge in [0.2, 0.25) is 0 Å². The number of amides is 1. The van der Waals surface area contributed by atoms with Crippen LogP contribution in [0.4, 0.5) is 4.79 Å². The Balaban J connectivity index is 1.50. The van der Waals surface area contributed by atoms with Crippen molar-refractivity contribution in [2.75, 3.05) is 13.6 Å². The van der Waals surface area contributed by atoms with Crippen LogP contribution in [0.5, 0.6) is 0 Å². The molecule has 27 heavy (non-hydrogen) atoms. The highest BCUT2D eigenvalue weighted by atomic mass is 35.5. The first-order valence-electron chi connectivity index (χ1n) is 8.96. The van der Waals surface area contributed by atoms with Gasteiger partial charge in [-0.05, 0) is 42.3 Å². The van der Waals surface area contributed by atoms with E-state index in [0.29, 0.717) is 6.54 Å². The fourth-order valence-corrected chi connectivity index (χ4v) is 4.92. The molecule has 0 spiro atoms. The quantitative estimate of drug-likeness (QED) is 0.672. The van der Waals surface area contributed by atoms with Crippen LogP contribution in [0, 0.1) is 0 Å². The van der Waals surface area contributed by atoms with Crippen LogP contribution in [0.2, 0.25) is 5.02 Å². The van der Waals surface area contributed by atoms with Crippen LogP contribution in [-0.2, 0) is 30.9 Å². The van der Waals surface area contributed by atoms with E-state index in [1.54, 1.807) is 11.3 Å². The Hall–Kier alpha value is -2.08. The third kappa shape index (κ3) is 3.95. The Bertz CT molecular complexity index is 971. The number of benzene rings is 2. The van der Waals surface area contributed by atoms with Gasteiger partial charge in [0.15, 0.2) is 0 Å². The number of nitrogens with one attached hydrogen (secondary N) is 1. The number of hydrogen-bond donors (Lipinski definition) is 1. The van der Waals surface area contributed by atoms with Crippen molar-refractivity contribution in [1.29, 1.82) is 0 Å². The molecule has 1 aromatic heterocycles. The molecular formula is C21H21ClN2O2S. The Labute approximate surface area is 167 Å². The van der Waals surface area contributed by atoms with Crippen LogP contribution >= 0.6 is 22.9 Å². The first kappa shape index (κ1) is 18.3. The zero-order chi connectivity index (χ0) is 18.8. The largest absolute Gasteiger partial charge is 0.445 e. The van der Waals surface area contributed by atoms with Crippen LogP contribution in [-0.4, -0.2) is 24.6 Å². The molecule has 0 saturated carbocycles. The minimum atomic E-state index is -0.399. The Morgan fingerprint density at radius 1 is 1.22 bits per heavy atom. The number of nitrogens with zero attached hydrogens (tertiary/aromatic N) is 1. The minimum absolute atomic E-state index is 0.272. The summed E-state index contributed by atoms with van der Waals surface area (Å²) < 4.78 is 6.55. The normalized spacial score (nSPS) is 14.1. The zero-order valence-corrected chi connectivity index (χ0v) is 16.7. The van der Waals surface area contributed by atoms with E-state index >= 15 is 0 Å². The number of hydrogen-bond acceptors (Lipinski definition) is 4. The van der Waals surface area contributed by atoms with Gasteiger partial charge >= 0.3 is 6.09 Å². The monoisotopic (exact) mass is 400 g/mol. The van der Waals surface area contributed by atoms with Crippen molar-refractivity contribution >= 4 is 39.1 Å². The van der Waals surface area contributed by atoms with Gasteiger partial charge in [-0.3, -0.25) is 0 Å². The molecule has 0 radical (unpaired) electrons. The van der Waals surface area contributed by atoms with Gasteiger partial charge in [0.05, 0.1) is 6.54 Å². The Morgan fingerprint density at radius 2 is 2.04 bits per heavy atom. The maximum absolute atomic E-state index is 12.1. The van der Waals surface area contributed by atoms with E-state index in [-0.39, 0.29) is 6.61 Å². The summed E-state index contributed by atoms with van der Waals surface area (Å²) in [6.07, 6.45) is 0.548. The van der Waals surface area contributed by atoms with E-state index in [4.69, 9.17) is 16.3 Å². The number of rotatable bonds is 4. The number of likely N-dealkylation sites (N-methyl/N-ethyl adjacent to an activating group) is 1. The van der Waals surface area contributed by atoms with E-state index in [0.717, 1.165) is 30.1 Å². The van der Waals surface area contributed by atoms with E-state index in [9.17, 15) is 4.79 Å². The molecule has 1 N–H and O–H groups in total. The molecule has 2 aromatic carbocycles. The second-order valence-corrected chi connectivity index (χ2v) is 8.35. The van der Waals surface area contributed by atoms with Crippen LogP contribution in [0.3, 0.4) is 0 Å². The zero-order valence-electron chi connectivity index (χ0n) is 15.1. The topological polar surface area (TPSA) is 41.6 Å². The summed E-state index contributed by atoms with van der Waals surface area (Å²) in [5.41, 5.74) is 3.47. The second kappa shape index (κ2) is 7.89. The van der Waals surface area contributed by atoms with Gasteiger partial charge in [0.25, 0.3) is 0 Å². The van der Waals surface area contributed by atoms with Gasteiger partial charge in [-0.1, -0.05) is 41.9 Å². The highest BCUT2D eigenvalue weighted by Gasteiger charge is 2.22. The summed E-state index contributed by atoms with van der Waals surface area (Å²) in [7, 11) is 2.12. The van der Waals surface area contributed by atoms with Crippen LogP contribution < -0.4 is 5.32 Å². The number of halogens is 1. The van der Waals surface area contributed by atoms with E-state index in [1.807, 2.05) is 36.4 Å². The molecule has 0 unspecified atom stereocenters. The van der Waals surface area contributed by atoms with Crippen LogP contribution in [0.15, 0.2) is 42.5 Å². The smallest absolute Gasteiger partial charge is 0.407 e. The lowest BCUT2D eigenvalue weighted by Crippen LogP contribution is -2.24. The Kier molecular flexibility index (Phi) is 5.34. The molecule has 1 aliphatic heterocycles. The summed E-state index contributed by atoms with van der Waals surface area (Å²) in [5.74, 6) is 0. The minimum Gasteiger partial charge on any atom is -0.445 e. The molecule has 3 aromatic rings. The third-order valence-corrected chi connectivity index (χ3v) is 6.42. The van der Waals surface area contributed by atoms with E-state index < -0.39 is 6.09 Å². The standard InChI is InChI=1S/C21H21ClN2O2S/c1-24-10-9-15-17(22)7-8-18-20(15)16(12-24)19(27-18)11-23-21(25)26-13-14-5-3-2-4-6-14/h2-8H,9-13H2,1H3,(H,23,25). The highest BCUT2D eigenvalue weighted by Crippen LogP contribution is 2.39. The molecule has 4 nitrogen and oxygen atoms in total. The predicted molar refractivity (Wildman–Crippen MR) is 110 cm³/mol. The summed E-state index contributed by atoms with van der Waals surface area (Å²) in [4.78, 5) is 15.6. The van der Waals surface area contributed by atoms with Crippen molar-refractivity contribution in [3.63, 3.8) is 0 Å². The van der Waals surface area contributed by atoms with Gasteiger partial charge < -0.3 is 15.0 Å². The molecule has 1 aliphatic rings. The maximum atomic E-state index is 12.1. The fourth-order valence-electron chi connectivity index (χ4n) is 3.48. The highest BCUT2D eigenvalue weighted by molar-refractivity contribution is 7.19. The van der Waals surface area contributed by atoms with Crippen molar-refractivity contribution in [3.05, 3.63) is 69.1 Å². The van der Waals surface area contributed by atoms with Crippen molar-refractivity contribution in [2.45, 2.75) is 26.1 Å². The molecular weight excluding hydrogens is 380 g/mol. The van der Waals surface area contributed by atoms with Crippen LogP contribution in [0.25, 0.3) is 10.1 Å². The lowest BCUT2D eigenvalue weighted by Gasteiger charge is -2.14. The van der Waals surface area contributed by atoms with Gasteiger partial charge in [0, 0.05) is 33.1 Å². The molecule has 0 bridgehead atoms. The average molecular weight is 401 g/mol. The molecule has 140 valence electrons. The first-order chi connectivity index (χ1) is 13.1. The molecule has 2 heterocycles. The summed E-state index contributed by atoms with van der Waals surface area (Å²) >= 11 is 8.19. The van der Waals surface area contributed by atoms with Crippen molar-refractivity contribution in [1.82, 2.24) is 10.2 Å². The molecule has 1 amide bonds. The number of carbonyl (C=O) groups excluding carboxylic acids is 1. The third-order valence-electron chi connectivity index (χ3n) is 4.87. The molecule has 0 atom stereocenters.